The summed E-state index contributed by atoms with van der Waals surface area (Å²) in [4.78, 5) is 4.53. The van der Waals surface area contributed by atoms with Gasteiger partial charge in [-0.3, -0.25) is 10.1 Å². The minimum atomic E-state index is 0.966. The van der Waals surface area contributed by atoms with Crippen molar-refractivity contribution >= 4 is 0 Å². The highest BCUT2D eigenvalue weighted by Crippen LogP contribution is 2.13. The molecular formula is C11H13N3. The molecule has 0 spiro atoms. The number of aromatic amines is 1. The molecule has 0 bridgehead atoms. The van der Waals surface area contributed by atoms with Gasteiger partial charge in [0.05, 0.1) is 11.4 Å². The number of nitrogens with zero attached hydrogens (tertiary/aromatic N) is 2. The van der Waals surface area contributed by atoms with Crippen molar-refractivity contribution < 1.29 is 0 Å². The van der Waals surface area contributed by atoms with Gasteiger partial charge in [0.1, 0.15) is 0 Å². The third-order valence-corrected chi connectivity index (χ3v) is 2.09. The average Bonchev–Trinajstić information content (AvgIpc) is 2.71. The molecule has 2 heterocycles. The van der Waals surface area contributed by atoms with E-state index in [0.717, 1.165) is 29.9 Å². The van der Waals surface area contributed by atoms with Crippen LogP contribution in [-0.2, 0) is 6.42 Å². The lowest BCUT2D eigenvalue weighted by Crippen LogP contribution is -1.91. The Labute approximate surface area is 83.2 Å². The molecule has 0 aliphatic rings. The van der Waals surface area contributed by atoms with Gasteiger partial charge in [0.25, 0.3) is 0 Å². The molecule has 2 aromatic rings. The molecule has 0 atom stereocenters. The summed E-state index contributed by atoms with van der Waals surface area (Å²) in [6.07, 6.45) is 3.89. The lowest BCUT2D eigenvalue weighted by molar-refractivity contribution is 0.883. The van der Waals surface area contributed by atoms with Crippen molar-refractivity contribution in [3.05, 3.63) is 36.2 Å². The number of pyridine rings is 1. The van der Waals surface area contributed by atoms with E-state index in [4.69, 9.17) is 0 Å². The van der Waals surface area contributed by atoms with Crippen molar-refractivity contribution in [2.75, 3.05) is 0 Å². The SMILES string of the molecule is CCCc1cccc(-c2ccn[nH]2)n1. The third kappa shape index (κ3) is 1.82. The molecule has 3 heteroatoms. The van der Waals surface area contributed by atoms with Gasteiger partial charge in [0, 0.05) is 11.9 Å². The second-order valence-electron chi connectivity index (χ2n) is 3.23. The average molecular weight is 187 g/mol. The number of rotatable bonds is 3. The maximum atomic E-state index is 4.53. The molecule has 14 heavy (non-hydrogen) atoms. The molecule has 0 unspecified atom stereocenters. The number of H-pyrrole nitrogens is 1. The summed E-state index contributed by atoms with van der Waals surface area (Å²) in [5, 5.41) is 6.82. The molecule has 1 N–H and O–H groups in total. The molecule has 0 aliphatic heterocycles. The molecule has 0 saturated heterocycles. The first-order chi connectivity index (χ1) is 6.90. The van der Waals surface area contributed by atoms with Gasteiger partial charge in [-0.2, -0.15) is 5.10 Å². The van der Waals surface area contributed by atoms with Gasteiger partial charge < -0.3 is 0 Å². The Hall–Kier alpha value is -1.64. The molecule has 0 fully saturated rings. The van der Waals surface area contributed by atoms with E-state index in [9.17, 15) is 0 Å². The fraction of sp³-hybridized carbons (Fsp3) is 0.273. The van der Waals surface area contributed by atoms with Crippen LogP contribution in [0, 0.1) is 0 Å². The highest BCUT2D eigenvalue weighted by Gasteiger charge is 2.00. The van der Waals surface area contributed by atoms with Crippen LogP contribution in [0.4, 0.5) is 0 Å². The summed E-state index contributed by atoms with van der Waals surface area (Å²) in [5.41, 5.74) is 3.08. The molecule has 0 saturated carbocycles. The molecule has 0 amide bonds. The van der Waals surface area contributed by atoms with E-state index in [2.05, 4.69) is 28.2 Å². The van der Waals surface area contributed by atoms with Crippen LogP contribution in [-0.4, -0.2) is 15.2 Å². The van der Waals surface area contributed by atoms with Gasteiger partial charge in [-0.1, -0.05) is 19.4 Å². The lowest BCUT2D eigenvalue weighted by Gasteiger charge is -2.00. The van der Waals surface area contributed by atoms with Gasteiger partial charge in [-0.15, -0.1) is 0 Å². The zero-order valence-electron chi connectivity index (χ0n) is 8.20. The Bertz CT molecular complexity index is 393. The second kappa shape index (κ2) is 4.05. The quantitative estimate of drug-likeness (QED) is 0.801. The lowest BCUT2D eigenvalue weighted by atomic mass is 10.2. The second-order valence-corrected chi connectivity index (χ2v) is 3.23. The summed E-state index contributed by atoms with van der Waals surface area (Å²) in [5.74, 6) is 0. The van der Waals surface area contributed by atoms with Crippen molar-refractivity contribution in [2.45, 2.75) is 19.8 Å². The monoisotopic (exact) mass is 187 g/mol. The van der Waals surface area contributed by atoms with E-state index < -0.39 is 0 Å². The van der Waals surface area contributed by atoms with Crippen LogP contribution in [0.2, 0.25) is 0 Å². The van der Waals surface area contributed by atoms with Crippen LogP contribution in [0.3, 0.4) is 0 Å². The molecule has 2 aromatic heterocycles. The van der Waals surface area contributed by atoms with Crippen LogP contribution in [0.5, 0.6) is 0 Å². The molecule has 0 radical (unpaired) electrons. The third-order valence-electron chi connectivity index (χ3n) is 2.09. The van der Waals surface area contributed by atoms with Crippen LogP contribution in [0.25, 0.3) is 11.4 Å². The van der Waals surface area contributed by atoms with Crippen LogP contribution >= 0.6 is 0 Å². The van der Waals surface area contributed by atoms with Gasteiger partial charge in [0.2, 0.25) is 0 Å². The summed E-state index contributed by atoms with van der Waals surface area (Å²) in [7, 11) is 0. The minimum absolute atomic E-state index is 0.966. The van der Waals surface area contributed by atoms with Crippen LogP contribution in [0.1, 0.15) is 19.0 Å². The predicted octanol–water partition coefficient (Wildman–Crippen LogP) is 2.42. The van der Waals surface area contributed by atoms with E-state index in [1.165, 1.54) is 0 Å². The standard InChI is InChI=1S/C11H13N3/c1-2-4-9-5-3-6-10(13-9)11-7-8-12-14-11/h3,5-8H,2,4H2,1H3,(H,12,14). The first kappa shape index (κ1) is 8.94. The maximum absolute atomic E-state index is 4.53. The Kier molecular flexibility index (Phi) is 2.58. The smallest absolute Gasteiger partial charge is 0.0883 e. The van der Waals surface area contributed by atoms with Crippen molar-refractivity contribution in [1.82, 2.24) is 15.2 Å². The Morgan fingerprint density at radius 1 is 1.29 bits per heavy atom. The number of aromatic nitrogens is 3. The van der Waals surface area contributed by atoms with Crippen LogP contribution in [0.15, 0.2) is 30.5 Å². The molecule has 2 rings (SSSR count). The van der Waals surface area contributed by atoms with Crippen molar-refractivity contribution in [3.63, 3.8) is 0 Å². The topological polar surface area (TPSA) is 41.6 Å². The highest BCUT2D eigenvalue weighted by molar-refractivity contribution is 5.52. The van der Waals surface area contributed by atoms with E-state index in [1.54, 1.807) is 6.20 Å². The van der Waals surface area contributed by atoms with Crippen molar-refractivity contribution in [1.29, 1.82) is 0 Å². The van der Waals surface area contributed by atoms with Gasteiger partial charge in [-0.25, -0.2) is 0 Å². The first-order valence-electron chi connectivity index (χ1n) is 4.86. The largest absolute Gasteiger partial charge is 0.276 e. The zero-order valence-corrected chi connectivity index (χ0v) is 8.20. The number of hydrogen-bond donors (Lipinski definition) is 1. The number of nitrogens with one attached hydrogen (secondary N) is 1. The Morgan fingerprint density at radius 2 is 2.21 bits per heavy atom. The predicted molar refractivity (Wildman–Crippen MR) is 55.8 cm³/mol. The summed E-state index contributed by atoms with van der Waals surface area (Å²) < 4.78 is 0. The Balaban J connectivity index is 2.31. The fourth-order valence-electron chi connectivity index (χ4n) is 1.42. The van der Waals surface area contributed by atoms with Crippen molar-refractivity contribution in [2.24, 2.45) is 0 Å². The molecule has 0 aliphatic carbocycles. The summed E-state index contributed by atoms with van der Waals surface area (Å²) in [6, 6.07) is 8.02. The summed E-state index contributed by atoms with van der Waals surface area (Å²) in [6.45, 7) is 2.16. The van der Waals surface area contributed by atoms with Gasteiger partial charge in [0.15, 0.2) is 0 Å². The fourth-order valence-corrected chi connectivity index (χ4v) is 1.42. The molecular weight excluding hydrogens is 174 g/mol. The van der Waals surface area contributed by atoms with Gasteiger partial charge >= 0.3 is 0 Å². The maximum Gasteiger partial charge on any atom is 0.0883 e. The highest BCUT2D eigenvalue weighted by atomic mass is 15.1. The normalized spacial score (nSPS) is 10.4. The number of aryl methyl sites for hydroxylation is 1. The first-order valence-corrected chi connectivity index (χ1v) is 4.86. The van der Waals surface area contributed by atoms with E-state index in [-0.39, 0.29) is 0 Å². The summed E-state index contributed by atoms with van der Waals surface area (Å²) >= 11 is 0. The minimum Gasteiger partial charge on any atom is -0.276 e. The zero-order chi connectivity index (χ0) is 9.80. The van der Waals surface area contributed by atoms with Crippen LogP contribution < -0.4 is 0 Å². The molecule has 72 valence electrons. The van der Waals surface area contributed by atoms with Gasteiger partial charge in [-0.05, 0) is 24.6 Å². The van der Waals surface area contributed by atoms with E-state index in [1.807, 2.05) is 18.2 Å². The Morgan fingerprint density at radius 3 is 2.93 bits per heavy atom. The van der Waals surface area contributed by atoms with Crippen molar-refractivity contribution in [3.8, 4) is 11.4 Å². The molecule has 3 nitrogen and oxygen atoms in total. The molecule has 0 aromatic carbocycles. The number of hydrogen-bond acceptors (Lipinski definition) is 2. The van der Waals surface area contributed by atoms with E-state index >= 15 is 0 Å². The van der Waals surface area contributed by atoms with E-state index in [0.29, 0.717) is 0 Å².